The zero-order valence-electron chi connectivity index (χ0n) is 12.1. The van der Waals surface area contributed by atoms with E-state index in [9.17, 15) is 8.42 Å². The monoisotopic (exact) mass is 412 g/mol. The molecule has 5 nitrogen and oxygen atoms in total. The number of hydrogen-bond donors (Lipinski definition) is 1. The summed E-state index contributed by atoms with van der Waals surface area (Å²) in [5.74, 6) is 0.742. The van der Waals surface area contributed by atoms with Gasteiger partial charge in [0.1, 0.15) is 5.75 Å². The molecule has 0 spiro atoms. The summed E-state index contributed by atoms with van der Waals surface area (Å²) in [6.07, 6.45) is 0. The number of sulfonamides is 1. The quantitative estimate of drug-likeness (QED) is 0.679. The number of aromatic nitrogens is 1. The summed E-state index contributed by atoms with van der Waals surface area (Å²) in [5.41, 5.74) is 0.729. The van der Waals surface area contributed by atoms with Crippen LogP contribution in [0.5, 0.6) is 5.75 Å². The lowest BCUT2D eigenvalue weighted by atomic mass is 10.3. The molecule has 23 heavy (non-hydrogen) atoms. The van der Waals surface area contributed by atoms with Gasteiger partial charge in [-0.25, -0.2) is 13.4 Å². The average Bonchev–Trinajstić information content (AvgIpc) is 2.88. The van der Waals surface area contributed by atoms with Crippen molar-refractivity contribution in [3.05, 3.63) is 46.9 Å². The van der Waals surface area contributed by atoms with Crippen LogP contribution in [0.25, 0.3) is 10.2 Å². The van der Waals surface area contributed by atoms with E-state index in [4.69, 9.17) is 4.74 Å². The number of benzene rings is 2. The van der Waals surface area contributed by atoms with E-state index in [0.717, 1.165) is 20.4 Å². The van der Waals surface area contributed by atoms with E-state index in [1.165, 1.54) is 23.5 Å². The highest BCUT2D eigenvalue weighted by Gasteiger charge is 2.16. The van der Waals surface area contributed by atoms with Crippen LogP contribution >= 0.6 is 27.3 Å². The van der Waals surface area contributed by atoms with Crippen LogP contribution in [-0.2, 0) is 10.0 Å². The predicted molar refractivity (Wildman–Crippen MR) is 95.7 cm³/mol. The Hall–Kier alpha value is -1.64. The summed E-state index contributed by atoms with van der Waals surface area (Å²) < 4.78 is 34.4. The second-order valence-corrected chi connectivity index (χ2v) is 8.27. The fourth-order valence-electron chi connectivity index (χ4n) is 1.99. The summed E-state index contributed by atoms with van der Waals surface area (Å²) in [4.78, 5) is 4.50. The normalized spacial score (nSPS) is 11.6. The van der Waals surface area contributed by atoms with Crippen molar-refractivity contribution in [1.82, 2.24) is 4.98 Å². The Balaban J connectivity index is 1.89. The summed E-state index contributed by atoms with van der Waals surface area (Å²) in [6, 6.07) is 11.9. The maximum atomic E-state index is 12.4. The van der Waals surface area contributed by atoms with Crippen molar-refractivity contribution in [1.29, 1.82) is 0 Å². The molecule has 0 fully saturated rings. The summed E-state index contributed by atoms with van der Waals surface area (Å²) in [6.45, 7) is 2.49. The topological polar surface area (TPSA) is 68.3 Å². The molecule has 0 atom stereocenters. The van der Waals surface area contributed by atoms with Gasteiger partial charge in [-0.1, -0.05) is 27.3 Å². The van der Waals surface area contributed by atoms with Gasteiger partial charge in [-0.3, -0.25) is 4.72 Å². The number of thiazole rings is 1. The minimum atomic E-state index is -3.65. The lowest BCUT2D eigenvalue weighted by molar-refractivity contribution is 0.341. The number of fused-ring (bicyclic) bond motifs is 1. The molecule has 0 amide bonds. The molecular weight excluding hydrogens is 400 g/mol. The number of hydrogen-bond acceptors (Lipinski definition) is 5. The largest absolute Gasteiger partial charge is 0.494 e. The van der Waals surface area contributed by atoms with Crippen molar-refractivity contribution < 1.29 is 13.2 Å². The highest BCUT2D eigenvalue weighted by atomic mass is 79.9. The lowest BCUT2D eigenvalue weighted by Crippen LogP contribution is -2.12. The molecule has 1 N–H and O–H groups in total. The average molecular weight is 413 g/mol. The standard InChI is InChI=1S/C15H13BrN2O3S2/c1-2-21-11-5-8-13-14(9-11)22-15(17-13)18-23(19,20)12-6-3-10(16)4-7-12/h3-9H,2H2,1H3,(H,17,18). The predicted octanol–water partition coefficient (Wildman–Crippen LogP) is 4.26. The van der Waals surface area contributed by atoms with Gasteiger partial charge >= 0.3 is 0 Å². The molecule has 3 rings (SSSR count). The van der Waals surface area contributed by atoms with E-state index < -0.39 is 10.0 Å². The number of ether oxygens (including phenoxy) is 1. The van der Waals surface area contributed by atoms with Gasteiger partial charge in [0.15, 0.2) is 5.13 Å². The van der Waals surface area contributed by atoms with E-state index in [2.05, 4.69) is 25.6 Å². The van der Waals surface area contributed by atoms with E-state index >= 15 is 0 Å². The Morgan fingerprint density at radius 3 is 2.65 bits per heavy atom. The van der Waals surface area contributed by atoms with Gasteiger partial charge in [0.25, 0.3) is 10.0 Å². The minimum Gasteiger partial charge on any atom is -0.494 e. The van der Waals surface area contributed by atoms with Gasteiger partial charge < -0.3 is 4.74 Å². The van der Waals surface area contributed by atoms with E-state index in [1.54, 1.807) is 12.1 Å². The number of rotatable bonds is 5. The highest BCUT2D eigenvalue weighted by molar-refractivity contribution is 9.10. The fraction of sp³-hybridized carbons (Fsp3) is 0.133. The van der Waals surface area contributed by atoms with Crippen LogP contribution in [0.15, 0.2) is 51.8 Å². The first-order valence-electron chi connectivity index (χ1n) is 6.80. The molecule has 0 aliphatic rings. The van der Waals surface area contributed by atoms with Crippen LogP contribution in [0.4, 0.5) is 5.13 Å². The summed E-state index contributed by atoms with van der Waals surface area (Å²) >= 11 is 4.56. The van der Waals surface area contributed by atoms with Gasteiger partial charge in [0.2, 0.25) is 0 Å². The molecular formula is C15H13BrN2O3S2. The van der Waals surface area contributed by atoms with Gasteiger partial charge in [-0.2, -0.15) is 0 Å². The Labute approximate surface area is 146 Å². The number of nitrogens with zero attached hydrogens (tertiary/aromatic N) is 1. The molecule has 0 unspecified atom stereocenters. The number of nitrogens with one attached hydrogen (secondary N) is 1. The fourth-order valence-corrected chi connectivity index (χ4v) is 4.39. The first-order valence-corrected chi connectivity index (χ1v) is 9.89. The van der Waals surface area contributed by atoms with Gasteiger partial charge in [-0.15, -0.1) is 0 Å². The molecule has 1 aromatic heterocycles. The van der Waals surface area contributed by atoms with Crippen LogP contribution in [0.3, 0.4) is 0 Å². The zero-order chi connectivity index (χ0) is 16.4. The zero-order valence-corrected chi connectivity index (χ0v) is 15.3. The van der Waals surface area contributed by atoms with Gasteiger partial charge in [0, 0.05) is 4.47 Å². The number of halogens is 1. The molecule has 0 radical (unpaired) electrons. The molecule has 2 aromatic carbocycles. The van der Waals surface area contributed by atoms with Crippen LogP contribution in [-0.4, -0.2) is 20.0 Å². The van der Waals surface area contributed by atoms with E-state index in [0.29, 0.717) is 11.7 Å². The van der Waals surface area contributed by atoms with Crippen molar-refractivity contribution >= 4 is 52.6 Å². The molecule has 8 heteroatoms. The third-order valence-corrected chi connectivity index (χ3v) is 5.96. The second kappa shape index (κ2) is 6.46. The Morgan fingerprint density at radius 1 is 1.22 bits per heavy atom. The van der Waals surface area contributed by atoms with Crippen molar-refractivity contribution in [3.8, 4) is 5.75 Å². The smallest absolute Gasteiger partial charge is 0.263 e. The Kier molecular flexibility index (Phi) is 4.56. The first-order chi connectivity index (χ1) is 11.0. The van der Waals surface area contributed by atoms with Crippen molar-refractivity contribution in [3.63, 3.8) is 0 Å². The van der Waals surface area contributed by atoms with Crippen LogP contribution in [0, 0.1) is 0 Å². The van der Waals surface area contributed by atoms with Crippen LogP contribution in [0.2, 0.25) is 0 Å². The SMILES string of the molecule is CCOc1ccc2nc(NS(=O)(=O)c3ccc(Br)cc3)sc2c1. The summed E-state index contributed by atoms with van der Waals surface area (Å²) in [5, 5.41) is 0.330. The molecule has 0 aliphatic heterocycles. The molecule has 0 saturated carbocycles. The minimum absolute atomic E-state index is 0.190. The van der Waals surface area contributed by atoms with E-state index in [-0.39, 0.29) is 4.90 Å². The third kappa shape index (κ3) is 3.65. The van der Waals surface area contributed by atoms with Gasteiger partial charge in [0.05, 0.1) is 21.7 Å². The molecule has 1 heterocycles. The molecule has 120 valence electrons. The second-order valence-electron chi connectivity index (χ2n) is 4.64. The first kappa shape index (κ1) is 16.2. The molecule has 0 bridgehead atoms. The Morgan fingerprint density at radius 2 is 1.96 bits per heavy atom. The lowest BCUT2D eigenvalue weighted by Gasteiger charge is -2.04. The maximum Gasteiger partial charge on any atom is 0.263 e. The number of anilines is 1. The maximum absolute atomic E-state index is 12.4. The van der Waals surface area contributed by atoms with Crippen LogP contribution in [0.1, 0.15) is 6.92 Å². The van der Waals surface area contributed by atoms with Crippen molar-refractivity contribution in [2.24, 2.45) is 0 Å². The highest BCUT2D eigenvalue weighted by Crippen LogP contribution is 2.30. The molecule has 3 aromatic rings. The molecule has 0 aliphatic carbocycles. The van der Waals surface area contributed by atoms with Crippen molar-refractivity contribution in [2.45, 2.75) is 11.8 Å². The van der Waals surface area contributed by atoms with Crippen LogP contribution < -0.4 is 9.46 Å². The van der Waals surface area contributed by atoms with Crippen molar-refractivity contribution in [2.75, 3.05) is 11.3 Å². The summed E-state index contributed by atoms with van der Waals surface area (Å²) in [7, 11) is -3.65. The molecule has 0 saturated heterocycles. The van der Waals surface area contributed by atoms with Gasteiger partial charge in [-0.05, 0) is 49.4 Å². The third-order valence-electron chi connectivity index (χ3n) is 3.02. The Bertz CT molecular complexity index is 937. The van der Waals surface area contributed by atoms with E-state index in [1.807, 2.05) is 25.1 Å².